The lowest BCUT2D eigenvalue weighted by atomic mass is 10.3. The second kappa shape index (κ2) is 9.83. The summed E-state index contributed by atoms with van der Waals surface area (Å²) in [5.41, 5.74) is 0. The minimum atomic E-state index is 0.385. The maximum absolute atomic E-state index is 5.63. The fraction of sp³-hybridized carbons (Fsp3) is 1.00. The van der Waals surface area contributed by atoms with Gasteiger partial charge in [0.05, 0.1) is 6.10 Å². The first-order valence-electron chi connectivity index (χ1n) is 6.95. The van der Waals surface area contributed by atoms with Gasteiger partial charge < -0.3 is 14.8 Å². The van der Waals surface area contributed by atoms with Gasteiger partial charge in [-0.25, -0.2) is 0 Å². The highest BCUT2D eigenvalue weighted by molar-refractivity contribution is 4.67. The van der Waals surface area contributed by atoms with Gasteiger partial charge in [0.15, 0.2) is 0 Å². The van der Waals surface area contributed by atoms with Gasteiger partial charge in [0.25, 0.3) is 0 Å². The van der Waals surface area contributed by atoms with Crippen molar-refractivity contribution in [2.24, 2.45) is 0 Å². The Labute approximate surface area is 106 Å². The minimum Gasteiger partial charge on any atom is -0.382 e. The molecule has 1 rings (SSSR count). The molecule has 1 aliphatic rings. The van der Waals surface area contributed by atoms with Gasteiger partial charge in [-0.3, -0.25) is 4.90 Å². The average Bonchev–Trinajstić information content (AvgIpc) is 2.52. The molecule has 1 heterocycles. The van der Waals surface area contributed by atoms with Crippen molar-refractivity contribution < 1.29 is 9.47 Å². The quantitative estimate of drug-likeness (QED) is 0.649. The van der Waals surface area contributed by atoms with Gasteiger partial charge in [-0.05, 0) is 33.2 Å². The van der Waals surface area contributed by atoms with Crippen LogP contribution in [-0.2, 0) is 9.47 Å². The molecule has 0 aromatic rings. The zero-order valence-corrected chi connectivity index (χ0v) is 11.4. The topological polar surface area (TPSA) is 33.7 Å². The Balaban J connectivity index is 1.94. The van der Waals surface area contributed by atoms with E-state index in [2.05, 4.69) is 17.1 Å². The van der Waals surface area contributed by atoms with Gasteiger partial charge in [0.2, 0.25) is 0 Å². The maximum atomic E-state index is 5.63. The summed E-state index contributed by atoms with van der Waals surface area (Å²) in [7, 11) is 0. The smallest absolute Gasteiger partial charge is 0.0673 e. The molecule has 0 amide bonds. The molecule has 4 heteroatoms. The number of ether oxygens (including phenoxy) is 2. The Hall–Kier alpha value is -0.160. The van der Waals surface area contributed by atoms with Crippen molar-refractivity contribution in [3.05, 3.63) is 0 Å². The molecule has 1 fully saturated rings. The van der Waals surface area contributed by atoms with Gasteiger partial charge in [-0.1, -0.05) is 0 Å². The number of nitrogens with one attached hydrogen (secondary N) is 1. The molecule has 17 heavy (non-hydrogen) atoms. The summed E-state index contributed by atoms with van der Waals surface area (Å²) in [4.78, 5) is 2.49. The first-order chi connectivity index (χ1) is 8.33. The molecular weight excluding hydrogens is 216 g/mol. The first kappa shape index (κ1) is 14.9. The first-order valence-corrected chi connectivity index (χ1v) is 6.95. The summed E-state index contributed by atoms with van der Waals surface area (Å²) in [5.74, 6) is 0. The normalized spacial score (nSPS) is 22.6. The molecule has 0 saturated carbocycles. The van der Waals surface area contributed by atoms with E-state index in [-0.39, 0.29) is 0 Å². The van der Waals surface area contributed by atoms with Crippen LogP contribution in [0.25, 0.3) is 0 Å². The summed E-state index contributed by atoms with van der Waals surface area (Å²) in [6, 6.07) is 0. The summed E-state index contributed by atoms with van der Waals surface area (Å²) in [5, 5.41) is 3.46. The van der Waals surface area contributed by atoms with Gasteiger partial charge >= 0.3 is 0 Å². The minimum absolute atomic E-state index is 0.385. The monoisotopic (exact) mass is 244 g/mol. The molecule has 1 saturated heterocycles. The van der Waals surface area contributed by atoms with Crippen LogP contribution in [-0.4, -0.2) is 63.5 Å². The van der Waals surface area contributed by atoms with Gasteiger partial charge in [0, 0.05) is 46.0 Å². The highest BCUT2D eigenvalue weighted by Gasteiger charge is 2.13. The number of rotatable bonds is 8. The second-order valence-corrected chi connectivity index (χ2v) is 4.64. The molecule has 102 valence electrons. The third kappa shape index (κ3) is 7.71. The third-order valence-electron chi connectivity index (χ3n) is 2.99. The van der Waals surface area contributed by atoms with Crippen LogP contribution in [0, 0.1) is 0 Å². The van der Waals surface area contributed by atoms with Crippen LogP contribution in [0.15, 0.2) is 0 Å². The Bertz CT molecular complexity index is 179. The van der Waals surface area contributed by atoms with E-state index < -0.39 is 0 Å². The summed E-state index contributed by atoms with van der Waals surface area (Å²) < 4.78 is 10.9. The van der Waals surface area contributed by atoms with Crippen LogP contribution in [0.2, 0.25) is 0 Å². The molecule has 4 nitrogen and oxygen atoms in total. The van der Waals surface area contributed by atoms with E-state index in [1.54, 1.807) is 0 Å². The van der Waals surface area contributed by atoms with Crippen LogP contribution in [0.5, 0.6) is 0 Å². The zero-order chi connectivity index (χ0) is 12.3. The van der Waals surface area contributed by atoms with Crippen LogP contribution in [0.4, 0.5) is 0 Å². The summed E-state index contributed by atoms with van der Waals surface area (Å²) in [6.07, 6.45) is 2.65. The molecule has 1 unspecified atom stereocenters. The van der Waals surface area contributed by atoms with Gasteiger partial charge in [-0.2, -0.15) is 0 Å². The fourth-order valence-electron chi connectivity index (χ4n) is 2.09. The maximum Gasteiger partial charge on any atom is 0.0673 e. The average molecular weight is 244 g/mol. The van der Waals surface area contributed by atoms with Crippen molar-refractivity contribution in [1.82, 2.24) is 10.2 Å². The van der Waals surface area contributed by atoms with E-state index in [0.717, 1.165) is 58.8 Å². The van der Waals surface area contributed by atoms with Crippen LogP contribution >= 0.6 is 0 Å². The Morgan fingerprint density at radius 1 is 1.41 bits per heavy atom. The number of hydrogen-bond donors (Lipinski definition) is 1. The molecular formula is C13H28N2O2. The highest BCUT2D eigenvalue weighted by Crippen LogP contribution is 2.04. The Morgan fingerprint density at radius 3 is 3.12 bits per heavy atom. The van der Waals surface area contributed by atoms with Crippen molar-refractivity contribution in [3.8, 4) is 0 Å². The molecule has 1 atom stereocenters. The molecule has 0 aromatic carbocycles. The predicted octanol–water partition coefficient (Wildman–Crippen LogP) is 1.11. The molecule has 0 radical (unpaired) electrons. The van der Waals surface area contributed by atoms with Crippen molar-refractivity contribution in [2.45, 2.75) is 32.8 Å². The lowest BCUT2D eigenvalue weighted by Gasteiger charge is -2.21. The van der Waals surface area contributed by atoms with Crippen molar-refractivity contribution >= 4 is 0 Å². The van der Waals surface area contributed by atoms with E-state index >= 15 is 0 Å². The summed E-state index contributed by atoms with van der Waals surface area (Å²) >= 11 is 0. The fourth-order valence-corrected chi connectivity index (χ4v) is 2.09. The lowest BCUT2D eigenvalue weighted by molar-refractivity contribution is 0.0679. The largest absolute Gasteiger partial charge is 0.382 e. The second-order valence-electron chi connectivity index (χ2n) is 4.64. The Kier molecular flexibility index (Phi) is 8.61. The number of nitrogens with zero attached hydrogens (tertiary/aromatic N) is 1. The molecule has 1 aliphatic heterocycles. The van der Waals surface area contributed by atoms with Crippen molar-refractivity contribution in [3.63, 3.8) is 0 Å². The van der Waals surface area contributed by atoms with E-state index in [1.165, 1.54) is 6.54 Å². The van der Waals surface area contributed by atoms with Crippen molar-refractivity contribution in [1.29, 1.82) is 0 Å². The van der Waals surface area contributed by atoms with Gasteiger partial charge in [-0.15, -0.1) is 0 Å². The highest BCUT2D eigenvalue weighted by atomic mass is 16.5. The van der Waals surface area contributed by atoms with Crippen LogP contribution in [0.1, 0.15) is 26.7 Å². The van der Waals surface area contributed by atoms with Crippen molar-refractivity contribution in [2.75, 3.05) is 52.5 Å². The van der Waals surface area contributed by atoms with Crippen LogP contribution in [0.3, 0.4) is 0 Å². The van der Waals surface area contributed by atoms with Gasteiger partial charge in [0.1, 0.15) is 0 Å². The number of hydrogen-bond acceptors (Lipinski definition) is 4. The summed E-state index contributed by atoms with van der Waals surface area (Å²) in [6.45, 7) is 12.3. The predicted molar refractivity (Wildman–Crippen MR) is 70.5 cm³/mol. The molecule has 0 aromatic heterocycles. The standard InChI is InChI=1S/C13H28N2O2/c1-3-16-10-4-6-14-7-9-15-8-5-11-17-13(2)12-15/h13-14H,3-12H2,1-2H3. The SMILES string of the molecule is CCOCCCNCCN1CCCOC(C)C1. The van der Waals surface area contributed by atoms with E-state index in [9.17, 15) is 0 Å². The Morgan fingerprint density at radius 2 is 2.29 bits per heavy atom. The zero-order valence-electron chi connectivity index (χ0n) is 11.4. The molecule has 0 bridgehead atoms. The van der Waals surface area contributed by atoms with Crippen LogP contribution < -0.4 is 5.32 Å². The molecule has 0 spiro atoms. The third-order valence-corrected chi connectivity index (χ3v) is 2.99. The van der Waals surface area contributed by atoms with E-state index in [1.807, 2.05) is 6.92 Å². The lowest BCUT2D eigenvalue weighted by Crippen LogP contribution is -2.36. The van der Waals surface area contributed by atoms with E-state index in [0.29, 0.717) is 6.10 Å². The molecule has 1 N–H and O–H groups in total. The molecule has 0 aliphatic carbocycles. The van der Waals surface area contributed by atoms with E-state index in [4.69, 9.17) is 9.47 Å².